The van der Waals surface area contributed by atoms with Gasteiger partial charge in [0.1, 0.15) is 5.82 Å². The van der Waals surface area contributed by atoms with Crippen LogP contribution in [0.5, 0.6) is 0 Å². The topological polar surface area (TPSA) is 63.1 Å². The smallest absolute Gasteiger partial charge is 0.239 e. The normalized spacial score (nSPS) is 11.1. The Bertz CT molecular complexity index is 1270. The third kappa shape index (κ3) is 4.55. The predicted octanol–water partition coefficient (Wildman–Crippen LogP) is 4.64. The van der Waals surface area contributed by atoms with Crippen LogP contribution in [-0.2, 0) is 11.3 Å². The first-order chi connectivity index (χ1) is 14.8. The molecule has 160 valence electrons. The number of carbonyl (C=O) groups excluding carboxylic acids is 1. The molecule has 4 aromatic rings. The van der Waals surface area contributed by atoms with Crippen molar-refractivity contribution in [2.45, 2.75) is 20.4 Å². The van der Waals surface area contributed by atoms with Crippen LogP contribution >= 0.6 is 22.9 Å². The van der Waals surface area contributed by atoms with Crippen molar-refractivity contribution in [3.63, 3.8) is 0 Å². The summed E-state index contributed by atoms with van der Waals surface area (Å²) in [4.78, 5) is 18.9. The minimum atomic E-state index is -0.407. The summed E-state index contributed by atoms with van der Waals surface area (Å²) in [6.45, 7) is 4.35. The molecule has 1 amide bonds. The van der Waals surface area contributed by atoms with Gasteiger partial charge in [-0.2, -0.15) is 10.1 Å². The van der Waals surface area contributed by atoms with Gasteiger partial charge in [0.2, 0.25) is 5.91 Å². The first kappa shape index (κ1) is 21.3. The summed E-state index contributed by atoms with van der Waals surface area (Å²) in [6.07, 6.45) is 0. The Kier molecular flexibility index (Phi) is 5.93. The molecule has 4 rings (SSSR count). The number of hydrogen-bond donors (Lipinski definition) is 1. The van der Waals surface area contributed by atoms with Gasteiger partial charge in [-0.15, -0.1) is 0 Å². The lowest BCUT2D eigenvalue weighted by Gasteiger charge is -2.15. The molecule has 0 fully saturated rings. The minimum absolute atomic E-state index is 0.131. The maximum atomic E-state index is 13.2. The second-order valence-electron chi connectivity index (χ2n) is 7.35. The summed E-state index contributed by atoms with van der Waals surface area (Å²) < 4.78 is 16.0. The molecular weight excluding hydrogens is 437 g/mol. The van der Waals surface area contributed by atoms with Crippen LogP contribution in [0.2, 0.25) is 5.02 Å². The molecule has 0 radical (unpaired) electrons. The molecule has 31 heavy (non-hydrogen) atoms. The molecule has 0 atom stereocenters. The predicted molar refractivity (Wildman–Crippen MR) is 123 cm³/mol. The zero-order valence-electron chi connectivity index (χ0n) is 17.3. The van der Waals surface area contributed by atoms with E-state index in [1.807, 2.05) is 43.8 Å². The number of likely N-dealkylation sites (N-methyl/N-ethyl adjacent to an activating group) is 1. The molecule has 0 unspecified atom stereocenters. The Morgan fingerprint density at radius 3 is 2.81 bits per heavy atom. The van der Waals surface area contributed by atoms with Gasteiger partial charge in [-0.25, -0.2) is 9.07 Å². The van der Waals surface area contributed by atoms with E-state index in [2.05, 4.69) is 16.5 Å². The Balaban J connectivity index is 1.48. The van der Waals surface area contributed by atoms with Gasteiger partial charge in [0.25, 0.3) is 0 Å². The fraction of sp³-hybridized carbons (Fsp3) is 0.227. The molecular formula is C22H21ClFN5OS. The molecule has 0 aliphatic heterocycles. The van der Waals surface area contributed by atoms with Gasteiger partial charge >= 0.3 is 0 Å². The number of halogens is 2. The zero-order chi connectivity index (χ0) is 22.1. The molecule has 9 heteroatoms. The van der Waals surface area contributed by atoms with Gasteiger partial charge in [-0.1, -0.05) is 41.1 Å². The van der Waals surface area contributed by atoms with E-state index in [-0.39, 0.29) is 24.0 Å². The van der Waals surface area contributed by atoms with Gasteiger partial charge in [-0.3, -0.25) is 4.79 Å². The number of nitrogens with one attached hydrogen (secondary N) is 1. The summed E-state index contributed by atoms with van der Waals surface area (Å²) >= 11 is 7.52. The standard InChI is InChI=1S/C22H21ClFN5OS/c1-13-5-4-6-17(9-13)29-21-20(14(2)27-29)31-22(26-21)28(3)12-19(30)25-11-15-7-8-16(24)10-18(15)23/h4-10H,11-12H2,1-3H3,(H,25,30). The van der Waals surface area contributed by atoms with Crippen molar-refractivity contribution in [3.05, 3.63) is 70.1 Å². The minimum Gasteiger partial charge on any atom is -0.350 e. The monoisotopic (exact) mass is 457 g/mol. The second kappa shape index (κ2) is 8.64. The molecule has 0 spiro atoms. The van der Waals surface area contributed by atoms with Crippen LogP contribution in [0.1, 0.15) is 16.8 Å². The Morgan fingerprint density at radius 2 is 2.06 bits per heavy atom. The van der Waals surface area contributed by atoms with E-state index in [1.165, 1.54) is 23.5 Å². The number of fused-ring (bicyclic) bond motifs is 1. The highest BCUT2D eigenvalue weighted by molar-refractivity contribution is 7.22. The number of nitrogens with zero attached hydrogens (tertiary/aromatic N) is 4. The first-order valence-electron chi connectivity index (χ1n) is 9.67. The summed E-state index contributed by atoms with van der Waals surface area (Å²) in [5.41, 5.74) is 4.42. The maximum absolute atomic E-state index is 13.2. The van der Waals surface area contributed by atoms with E-state index in [4.69, 9.17) is 16.6 Å². The zero-order valence-corrected chi connectivity index (χ0v) is 18.9. The SMILES string of the molecule is Cc1cccc(-n2nc(C)c3sc(N(C)CC(=O)NCc4ccc(F)cc4Cl)nc32)c1. The molecule has 0 saturated heterocycles. The maximum Gasteiger partial charge on any atom is 0.239 e. The van der Waals surface area contributed by atoms with Crippen molar-refractivity contribution in [1.82, 2.24) is 20.1 Å². The summed E-state index contributed by atoms with van der Waals surface area (Å²) in [5.74, 6) is -0.589. The molecule has 2 aromatic carbocycles. The van der Waals surface area contributed by atoms with Crippen LogP contribution in [0.4, 0.5) is 9.52 Å². The number of hydrogen-bond acceptors (Lipinski definition) is 5. The lowest BCUT2D eigenvalue weighted by Crippen LogP contribution is -2.34. The van der Waals surface area contributed by atoms with Crippen LogP contribution in [0.3, 0.4) is 0 Å². The molecule has 0 saturated carbocycles. The van der Waals surface area contributed by atoms with E-state index in [0.29, 0.717) is 5.56 Å². The van der Waals surface area contributed by atoms with Gasteiger partial charge in [0.15, 0.2) is 10.8 Å². The lowest BCUT2D eigenvalue weighted by molar-refractivity contribution is -0.119. The van der Waals surface area contributed by atoms with Crippen molar-refractivity contribution in [2.24, 2.45) is 0 Å². The highest BCUT2D eigenvalue weighted by Crippen LogP contribution is 2.32. The van der Waals surface area contributed by atoms with Crippen LogP contribution in [0.15, 0.2) is 42.5 Å². The number of amides is 1. The summed E-state index contributed by atoms with van der Waals surface area (Å²) in [7, 11) is 1.82. The molecule has 1 N–H and O–H groups in total. The van der Waals surface area contributed by atoms with Crippen LogP contribution < -0.4 is 10.2 Å². The van der Waals surface area contributed by atoms with Crippen LogP contribution in [-0.4, -0.2) is 34.3 Å². The number of benzene rings is 2. The Hall–Kier alpha value is -2.97. The first-order valence-corrected chi connectivity index (χ1v) is 10.9. The van der Waals surface area contributed by atoms with Crippen molar-refractivity contribution in [1.29, 1.82) is 0 Å². The van der Waals surface area contributed by atoms with Crippen LogP contribution in [0.25, 0.3) is 16.0 Å². The largest absolute Gasteiger partial charge is 0.350 e. The number of thiazole rings is 1. The van der Waals surface area contributed by atoms with Crippen molar-refractivity contribution in [2.75, 3.05) is 18.5 Å². The summed E-state index contributed by atoms with van der Waals surface area (Å²) in [6, 6.07) is 12.2. The number of anilines is 1. The van der Waals surface area contributed by atoms with E-state index in [0.717, 1.165) is 32.4 Å². The average molecular weight is 458 g/mol. The molecule has 6 nitrogen and oxygen atoms in total. The van der Waals surface area contributed by atoms with Gasteiger partial charge in [0, 0.05) is 18.6 Å². The quantitative estimate of drug-likeness (QED) is 0.458. The fourth-order valence-electron chi connectivity index (χ4n) is 3.22. The van der Waals surface area contributed by atoms with Gasteiger partial charge < -0.3 is 10.2 Å². The van der Waals surface area contributed by atoms with Crippen molar-refractivity contribution in [3.8, 4) is 5.69 Å². The fourth-order valence-corrected chi connectivity index (χ4v) is 4.40. The molecule has 2 heterocycles. The van der Waals surface area contributed by atoms with E-state index in [9.17, 15) is 9.18 Å². The number of aryl methyl sites for hydroxylation is 2. The summed E-state index contributed by atoms with van der Waals surface area (Å²) in [5, 5.41) is 8.46. The third-order valence-corrected chi connectivity index (χ3v) is 6.44. The van der Waals surface area contributed by atoms with E-state index < -0.39 is 5.82 Å². The molecule has 0 bridgehead atoms. The average Bonchev–Trinajstić information content (AvgIpc) is 3.28. The number of carbonyl (C=O) groups is 1. The number of rotatable bonds is 6. The third-order valence-electron chi connectivity index (χ3n) is 4.82. The van der Waals surface area contributed by atoms with Gasteiger partial charge in [0.05, 0.1) is 22.6 Å². The molecule has 2 aromatic heterocycles. The van der Waals surface area contributed by atoms with E-state index in [1.54, 1.807) is 11.0 Å². The van der Waals surface area contributed by atoms with Crippen molar-refractivity contribution < 1.29 is 9.18 Å². The van der Waals surface area contributed by atoms with Gasteiger partial charge in [-0.05, 0) is 49.2 Å². The van der Waals surface area contributed by atoms with Crippen LogP contribution in [0, 0.1) is 19.7 Å². The lowest BCUT2D eigenvalue weighted by atomic mass is 10.2. The Morgan fingerprint density at radius 1 is 1.26 bits per heavy atom. The van der Waals surface area contributed by atoms with Crippen molar-refractivity contribution >= 4 is 44.3 Å². The molecule has 0 aliphatic rings. The second-order valence-corrected chi connectivity index (χ2v) is 8.74. The highest BCUT2D eigenvalue weighted by atomic mass is 35.5. The van der Waals surface area contributed by atoms with E-state index >= 15 is 0 Å². The Labute approximate surface area is 188 Å². The molecule has 0 aliphatic carbocycles. The number of aromatic nitrogens is 3. The highest BCUT2D eigenvalue weighted by Gasteiger charge is 2.18.